The lowest BCUT2D eigenvalue weighted by molar-refractivity contribution is -0.0401. The molecule has 0 saturated carbocycles. The minimum atomic E-state index is -2.33. The third-order valence-corrected chi connectivity index (χ3v) is 7.16. The standard InChI is InChI=1S/C28H35F3N4O3/c1-16(19-9-6-10-20(25(19)30)26(31)28(3,36)15-29)32-27-21-12-24(38-14-18-8-7-11-35(18)4)23(37-5)13-22(21)33-17(2)34-27/h6,9-10,12-13,16,18,26,36H,7-8,11,14-15H2,1-5H3,(H,32,33,34)/t16-,18?,26?,28?/m1/s1. The normalized spacial score (nSPS) is 19.2. The molecule has 3 unspecified atom stereocenters. The zero-order valence-corrected chi connectivity index (χ0v) is 22.4. The number of ether oxygens (including phenoxy) is 2. The van der Waals surface area contributed by atoms with E-state index >= 15 is 4.39 Å². The first kappa shape index (κ1) is 27.9. The molecule has 0 spiro atoms. The van der Waals surface area contributed by atoms with E-state index in [1.165, 1.54) is 18.2 Å². The van der Waals surface area contributed by atoms with Gasteiger partial charge in [-0.2, -0.15) is 0 Å². The highest BCUT2D eigenvalue weighted by molar-refractivity contribution is 5.92. The number of nitrogens with one attached hydrogen (secondary N) is 1. The highest BCUT2D eigenvalue weighted by Crippen LogP contribution is 2.37. The molecule has 1 aliphatic heterocycles. The maximum absolute atomic E-state index is 15.4. The smallest absolute Gasteiger partial charge is 0.162 e. The number of benzene rings is 2. The summed E-state index contributed by atoms with van der Waals surface area (Å²) in [5.74, 6) is 1.18. The number of likely N-dealkylation sites (N-methyl/N-ethyl adjacent to an activating group) is 1. The molecule has 0 radical (unpaired) electrons. The van der Waals surface area contributed by atoms with Gasteiger partial charge in [0.15, 0.2) is 17.7 Å². The molecule has 1 aliphatic rings. The molecule has 2 N–H and O–H groups in total. The van der Waals surface area contributed by atoms with Gasteiger partial charge < -0.3 is 24.8 Å². The van der Waals surface area contributed by atoms with Crippen LogP contribution < -0.4 is 14.8 Å². The second-order valence-corrected chi connectivity index (χ2v) is 10.2. The highest BCUT2D eigenvalue weighted by Gasteiger charge is 2.36. The van der Waals surface area contributed by atoms with Crippen molar-refractivity contribution in [3.05, 3.63) is 53.1 Å². The van der Waals surface area contributed by atoms with Gasteiger partial charge in [0.2, 0.25) is 0 Å². The van der Waals surface area contributed by atoms with E-state index in [4.69, 9.17) is 9.47 Å². The summed E-state index contributed by atoms with van der Waals surface area (Å²) < 4.78 is 55.1. The first-order chi connectivity index (χ1) is 18.1. The number of hydrogen-bond acceptors (Lipinski definition) is 7. The fourth-order valence-electron chi connectivity index (χ4n) is 4.80. The zero-order chi connectivity index (χ0) is 27.6. The summed E-state index contributed by atoms with van der Waals surface area (Å²) in [5.41, 5.74) is -1.97. The maximum Gasteiger partial charge on any atom is 0.162 e. The van der Waals surface area contributed by atoms with Crippen molar-refractivity contribution in [1.29, 1.82) is 0 Å². The molecule has 1 fully saturated rings. The van der Waals surface area contributed by atoms with Crippen LogP contribution in [-0.2, 0) is 0 Å². The van der Waals surface area contributed by atoms with Crippen molar-refractivity contribution in [3.8, 4) is 11.5 Å². The zero-order valence-electron chi connectivity index (χ0n) is 22.4. The molecule has 206 valence electrons. The molecule has 7 nitrogen and oxygen atoms in total. The minimum Gasteiger partial charge on any atom is -0.493 e. The Morgan fingerprint density at radius 3 is 2.63 bits per heavy atom. The number of fused-ring (bicyclic) bond motifs is 1. The number of alkyl halides is 2. The predicted molar refractivity (Wildman–Crippen MR) is 141 cm³/mol. The summed E-state index contributed by atoms with van der Waals surface area (Å²) in [4.78, 5) is 11.3. The molecule has 1 aromatic heterocycles. The Labute approximate surface area is 221 Å². The lowest BCUT2D eigenvalue weighted by atomic mass is 9.92. The largest absolute Gasteiger partial charge is 0.493 e. The Hall–Kier alpha value is -3.11. The second-order valence-electron chi connectivity index (χ2n) is 10.2. The lowest BCUT2D eigenvalue weighted by Gasteiger charge is -2.26. The molecule has 0 aliphatic carbocycles. The van der Waals surface area contributed by atoms with Gasteiger partial charge in [-0.15, -0.1) is 0 Å². The van der Waals surface area contributed by atoms with Gasteiger partial charge in [-0.25, -0.2) is 23.1 Å². The van der Waals surface area contributed by atoms with Crippen molar-refractivity contribution in [3.63, 3.8) is 0 Å². The highest BCUT2D eigenvalue weighted by atomic mass is 19.1. The van der Waals surface area contributed by atoms with E-state index in [9.17, 15) is 13.9 Å². The van der Waals surface area contributed by atoms with Crippen molar-refractivity contribution in [2.45, 2.75) is 57.5 Å². The third-order valence-electron chi connectivity index (χ3n) is 7.16. The van der Waals surface area contributed by atoms with Crippen LogP contribution in [0.2, 0.25) is 0 Å². The summed E-state index contributed by atoms with van der Waals surface area (Å²) in [7, 11) is 3.65. The summed E-state index contributed by atoms with van der Waals surface area (Å²) >= 11 is 0. The summed E-state index contributed by atoms with van der Waals surface area (Å²) in [6, 6.07) is 7.46. The molecule has 3 aromatic rings. The quantitative estimate of drug-likeness (QED) is 0.359. The Bertz CT molecular complexity index is 1290. The molecule has 2 aromatic carbocycles. The molecule has 38 heavy (non-hydrogen) atoms. The summed E-state index contributed by atoms with van der Waals surface area (Å²) in [5, 5.41) is 13.9. The lowest BCUT2D eigenvalue weighted by Crippen LogP contribution is -2.33. The topological polar surface area (TPSA) is 79.7 Å². The fourth-order valence-corrected chi connectivity index (χ4v) is 4.80. The van der Waals surface area contributed by atoms with Crippen LogP contribution in [0.3, 0.4) is 0 Å². The van der Waals surface area contributed by atoms with Crippen LogP contribution in [0, 0.1) is 12.7 Å². The summed E-state index contributed by atoms with van der Waals surface area (Å²) in [6.45, 7) is 4.66. The molecule has 4 atom stereocenters. The Morgan fingerprint density at radius 1 is 1.24 bits per heavy atom. The van der Waals surface area contributed by atoms with Crippen molar-refractivity contribution in [2.75, 3.05) is 39.3 Å². The number of hydrogen-bond donors (Lipinski definition) is 2. The molecule has 1 saturated heterocycles. The van der Waals surface area contributed by atoms with Crippen molar-refractivity contribution < 1.29 is 27.8 Å². The number of methoxy groups -OCH3 is 1. The maximum atomic E-state index is 15.4. The van der Waals surface area contributed by atoms with Gasteiger partial charge in [-0.3, -0.25) is 0 Å². The van der Waals surface area contributed by atoms with Gasteiger partial charge in [-0.1, -0.05) is 18.2 Å². The van der Waals surface area contributed by atoms with E-state index in [1.54, 1.807) is 33.1 Å². The van der Waals surface area contributed by atoms with E-state index in [-0.39, 0.29) is 5.56 Å². The molecular weight excluding hydrogens is 497 g/mol. The number of rotatable bonds is 10. The molecule has 10 heteroatoms. The van der Waals surface area contributed by atoms with Crippen LogP contribution in [0.4, 0.5) is 19.0 Å². The molecule has 0 bridgehead atoms. The Balaban J connectivity index is 1.66. The second kappa shape index (κ2) is 11.3. The number of aryl methyl sites for hydroxylation is 1. The minimum absolute atomic E-state index is 0.151. The van der Waals surface area contributed by atoms with Crippen molar-refractivity contribution in [1.82, 2.24) is 14.9 Å². The monoisotopic (exact) mass is 532 g/mol. The first-order valence-electron chi connectivity index (χ1n) is 12.7. The van der Waals surface area contributed by atoms with Gasteiger partial charge in [0, 0.05) is 28.6 Å². The number of aliphatic hydroxyl groups is 1. The molecular formula is C28H35F3N4O3. The van der Waals surface area contributed by atoms with E-state index in [0.717, 1.165) is 26.3 Å². The predicted octanol–water partition coefficient (Wildman–Crippen LogP) is 5.46. The van der Waals surface area contributed by atoms with Crippen LogP contribution in [0.1, 0.15) is 55.9 Å². The van der Waals surface area contributed by atoms with E-state index in [0.29, 0.717) is 46.7 Å². The van der Waals surface area contributed by atoms with Gasteiger partial charge in [0.1, 0.15) is 36.3 Å². The van der Waals surface area contributed by atoms with Crippen LogP contribution >= 0.6 is 0 Å². The molecule has 2 heterocycles. The SMILES string of the molecule is COc1cc2nc(C)nc(N[C@H](C)c3cccc(C(F)C(C)(O)CF)c3F)c2cc1OCC1CCCN1C. The Kier molecular flexibility index (Phi) is 8.32. The van der Waals surface area contributed by atoms with Crippen LogP contribution in [0.25, 0.3) is 10.9 Å². The molecule has 0 amide bonds. The van der Waals surface area contributed by atoms with Gasteiger partial charge in [-0.05, 0) is 53.3 Å². The van der Waals surface area contributed by atoms with Crippen LogP contribution in [-0.4, -0.2) is 65.6 Å². The average Bonchev–Trinajstić information content (AvgIpc) is 3.31. The van der Waals surface area contributed by atoms with Crippen LogP contribution in [0.5, 0.6) is 11.5 Å². The van der Waals surface area contributed by atoms with Gasteiger partial charge in [0.25, 0.3) is 0 Å². The first-order valence-corrected chi connectivity index (χ1v) is 12.7. The van der Waals surface area contributed by atoms with E-state index in [2.05, 4.69) is 27.2 Å². The number of likely N-dealkylation sites (tertiary alicyclic amines) is 1. The van der Waals surface area contributed by atoms with Gasteiger partial charge in [0.05, 0.1) is 18.7 Å². The van der Waals surface area contributed by atoms with Crippen LogP contribution in [0.15, 0.2) is 30.3 Å². The van der Waals surface area contributed by atoms with Crippen molar-refractivity contribution >= 4 is 16.7 Å². The van der Waals surface area contributed by atoms with Gasteiger partial charge >= 0.3 is 0 Å². The molecule has 4 rings (SSSR count). The van der Waals surface area contributed by atoms with Crippen molar-refractivity contribution in [2.24, 2.45) is 0 Å². The average molecular weight is 533 g/mol. The number of aromatic nitrogens is 2. The van der Waals surface area contributed by atoms with E-state index < -0.39 is 35.9 Å². The fraction of sp³-hybridized carbons (Fsp3) is 0.500. The number of nitrogens with zero attached hydrogens (tertiary/aromatic N) is 3. The third kappa shape index (κ3) is 5.66. The summed E-state index contributed by atoms with van der Waals surface area (Å²) in [6.07, 6.45) is -0.0395. The number of halogens is 3. The Morgan fingerprint density at radius 2 is 1.97 bits per heavy atom. The number of anilines is 1. The van der Waals surface area contributed by atoms with E-state index in [1.807, 2.05) is 0 Å².